The van der Waals surface area contributed by atoms with E-state index in [1.54, 1.807) is 11.8 Å². The van der Waals surface area contributed by atoms with Gasteiger partial charge in [-0.15, -0.1) is 0 Å². The molecule has 0 radical (unpaired) electrons. The molecule has 0 saturated carbocycles. The zero-order valence-electron chi connectivity index (χ0n) is 13.9. The SMILES string of the molecule is Cc1ccc(C2NN=C(c3ccccc3)S2)c(Nc2ccccc2)c1. The second kappa shape index (κ2) is 7.03. The van der Waals surface area contributed by atoms with Gasteiger partial charge >= 0.3 is 0 Å². The van der Waals surface area contributed by atoms with Crippen LogP contribution in [0.2, 0.25) is 0 Å². The molecule has 0 bridgehead atoms. The van der Waals surface area contributed by atoms with E-state index < -0.39 is 0 Å². The van der Waals surface area contributed by atoms with Crippen molar-refractivity contribution in [3.63, 3.8) is 0 Å². The van der Waals surface area contributed by atoms with Crippen molar-refractivity contribution in [2.75, 3.05) is 5.32 Å². The lowest BCUT2D eigenvalue weighted by atomic mass is 10.1. The number of nitrogens with zero attached hydrogens (tertiary/aromatic N) is 1. The first kappa shape index (κ1) is 15.8. The van der Waals surface area contributed by atoms with Gasteiger partial charge in [0.1, 0.15) is 10.4 Å². The van der Waals surface area contributed by atoms with E-state index >= 15 is 0 Å². The molecule has 124 valence electrons. The van der Waals surface area contributed by atoms with Crippen LogP contribution in [0.25, 0.3) is 0 Å². The Morgan fingerprint density at radius 1 is 0.920 bits per heavy atom. The Bertz CT molecular complexity index is 892. The van der Waals surface area contributed by atoms with Crippen LogP contribution in [0, 0.1) is 6.92 Å². The summed E-state index contributed by atoms with van der Waals surface area (Å²) in [5.41, 5.74) is 9.05. The zero-order chi connectivity index (χ0) is 17.1. The number of rotatable bonds is 4. The summed E-state index contributed by atoms with van der Waals surface area (Å²) in [5, 5.41) is 9.20. The summed E-state index contributed by atoms with van der Waals surface area (Å²) in [6, 6.07) is 27.1. The van der Waals surface area contributed by atoms with Gasteiger partial charge in [-0.1, -0.05) is 72.4 Å². The van der Waals surface area contributed by atoms with Gasteiger partial charge in [0.25, 0.3) is 0 Å². The van der Waals surface area contributed by atoms with Crippen LogP contribution in [0.5, 0.6) is 0 Å². The summed E-state index contributed by atoms with van der Waals surface area (Å²) in [7, 11) is 0. The van der Waals surface area contributed by atoms with Gasteiger partial charge in [-0.2, -0.15) is 5.10 Å². The van der Waals surface area contributed by atoms with Crippen LogP contribution < -0.4 is 10.7 Å². The van der Waals surface area contributed by atoms with E-state index in [2.05, 4.69) is 65.2 Å². The normalized spacial score (nSPS) is 16.2. The van der Waals surface area contributed by atoms with Crippen molar-refractivity contribution in [2.24, 2.45) is 5.10 Å². The van der Waals surface area contributed by atoms with Crippen LogP contribution in [0.1, 0.15) is 22.1 Å². The van der Waals surface area contributed by atoms with Crippen molar-refractivity contribution in [2.45, 2.75) is 12.3 Å². The number of anilines is 2. The average molecular weight is 345 g/mol. The third-order valence-corrected chi connectivity index (χ3v) is 5.22. The van der Waals surface area contributed by atoms with Crippen LogP contribution in [-0.2, 0) is 0 Å². The quantitative estimate of drug-likeness (QED) is 0.661. The molecule has 1 heterocycles. The van der Waals surface area contributed by atoms with Crippen LogP contribution in [-0.4, -0.2) is 5.04 Å². The summed E-state index contributed by atoms with van der Waals surface area (Å²) < 4.78 is 0. The average Bonchev–Trinajstić information content (AvgIpc) is 3.13. The maximum Gasteiger partial charge on any atom is 0.126 e. The lowest BCUT2D eigenvalue weighted by Crippen LogP contribution is -2.09. The molecule has 1 aliphatic rings. The summed E-state index contributed by atoms with van der Waals surface area (Å²) in [6.07, 6.45) is 0. The smallest absolute Gasteiger partial charge is 0.126 e. The van der Waals surface area contributed by atoms with Crippen molar-refractivity contribution in [3.8, 4) is 0 Å². The molecule has 0 fully saturated rings. The van der Waals surface area contributed by atoms with Gasteiger partial charge in [0.05, 0.1) is 0 Å². The first-order valence-corrected chi connectivity index (χ1v) is 9.15. The standard InChI is InChI=1S/C21H19N3S/c1-15-12-13-18(19(14-15)22-17-10-6-3-7-11-17)21-24-23-20(25-21)16-8-4-2-5-9-16/h2-14,21-22,24H,1H3. The maximum absolute atomic E-state index is 4.54. The number of thioether (sulfide) groups is 1. The Balaban J connectivity index is 1.59. The first-order chi connectivity index (χ1) is 12.3. The summed E-state index contributed by atoms with van der Waals surface area (Å²) in [6.45, 7) is 2.11. The molecule has 4 heteroatoms. The molecule has 3 nitrogen and oxygen atoms in total. The molecule has 4 rings (SSSR count). The summed E-state index contributed by atoms with van der Waals surface area (Å²) in [5.74, 6) is 0. The van der Waals surface area contributed by atoms with E-state index in [0.717, 1.165) is 22.0 Å². The molecule has 2 N–H and O–H groups in total. The number of benzene rings is 3. The van der Waals surface area contributed by atoms with E-state index in [1.807, 2.05) is 36.4 Å². The Labute approximate surface area is 152 Å². The van der Waals surface area contributed by atoms with Gasteiger partial charge in [0.2, 0.25) is 0 Å². The van der Waals surface area contributed by atoms with Gasteiger partial charge in [0, 0.05) is 22.5 Å². The molecule has 3 aromatic carbocycles. The van der Waals surface area contributed by atoms with Crippen molar-refractivity contribution < 1.29 is 0 Å². The molecule has 3 aromatic rings. The Morgan fingerprint density at radius 3 is 2.40 bits per heavy atom. The number of hydrogen-bond acceptors (Lipinski definition) is 4. The second-order valence-electron chi connectivity index (χ2n) is 5.99. The number of hydrazone groups is 1. The third-order valence-electron chi connectivity index (χ3n) is 4.08. The third kappa shape index (κ3) is 3.54. The molecule has 0 spiro atoms. The van der Waals surface area contributed by atoms with Crippen molar-refractivity contribution in [1.29, 1.82) is 0 Å². The van der Waals surface area contributed by atoms with E-state index in [-0.39, 0.29) is 5.37 Å². The summed E-state index contributed by atoms with van der Waals surface area (Å²) in [4.78, 5) is 0. The molecule has 1 atom stereocenters. The fourth-order valence-electron chi connectivity index (χ4n) is 2.81. The fourth-order valence-corrected chi connectivity index (χ4v) is 3.85. The topological polar surface area (TPSA) is 36.4 Å². The van der Waals surface area contributed by atoms with E-state index in [4.69, 9.17) is 0 Å². The molecular formula is C21H19N3S. The molecule has 0 amide bonds. The van der Waals surface area contributed by atoms with Gasteiger partial charge in [-0.3, -0.25) is 5.43 Å². The highest BCUT2D eigenvalue weighted by molar-refractivity contribution is 8.14. The van der Waals surface area contributed by atoms with E-state index in [1.165, 1.54) is 11.1 Å². The van der Waals surface area contributed by atoms with E-state index in [9.17, 15) is 0 Å². The highest BCUT2D eigenvalue weighted by Crippen LogP contribution is 2.38. The zero-order valence-corrected chi connectivity index (χ0v) is 14.8. The van der Waals surface area contributed by atoms with Crippen molar-refractivity contribution in [3.05, 3.63) is 95.6 Å². The molecule has 0 saturated heterocycles. The lowest BCUT2D eigenvalue weighted by Gasteiger charge is -2.17. The van der Waals surface area contributed by atoms with Crippen molar-refractivity contribution in [1.82, 2.24) is 5.43 Å². The Hall–Kier alpha value is -2.72. The molecular weight excluding hydrogens is 326 g/mol. The fraction of sp³-hybridized carbons (Fsp3) is 0.0952. The largest absolute Gasteiger partial charge is 0.355 e. The molecule has 1 aliphatic heterocycles. The molecule has 0 aromatic heterocycles. The predicted octanol–water partition coefficient (Wildman–Crippen LogP) is 5.44. The Kier molecular flexibility index (Phi) is 4.44. The number of aryl methyl sites for hydroxylation is 1. The second-order valence-corrected chi connectivity index (χ2v) is 7.09. The highest BCUT2D eigenvalue weighted by Gasteiger charge is 2.24. The van der Waals surface area contributed by atoms with E-state index in [0.29, 0.717) is 0 Å². The van der Waals surface area contributed by atoms with Gasteiger partial charge in [0.15, 0.2) is 0 Å². The van der Waals surface area contributed by atoms with Crippen LogP contribution in [0.4, 0.5) is 11.4 Å². The monoisotopic (exact) mass is 345 g/mol. The van der Waals surface area contributed by atoms with Crippen LogP contribution in [0.3, 0.4) is 0 Å². The highest BCUT2D eigenvalue weighted by atomic mass is 32.2. The van der Waals surface area contributed by atoms with Gasteiger partial charge in [-0.25, -0.2) is 0 Å². The number of nitrogens with one attached hydrogen (secondary N) is 2. The number of para-hydroxylation sites is 1. The predicted molar refractivity (Wildman–Crippen MR) is 107 cm³/mol. The minimum atomic E-state index is 0.0991. The molecule has 1 unspecified atom stereocenters. The van der Waals surface area contributed by atoms with Gasteiger partial charge in [-0.05, 0) is 30.7 Å². The van der Waals surface area contributed by atoms with Crippen LogP contribution >= 0.6 is 11.8 Å². The molecule has 0 aliphatic carbocycles. The van der Waals surface area contributed by atoms with Gasteiger partial charge < -0.3 is 5.32 Å². The maximum atomic E-state index is 4.54. The minimum Gasteiger partial charge on any atom is -0.355 e. The van der Waals surface area contributed by atoms with Crippen molar-refractivity contribution >= 4 is 28.2 Å². The first-order valence-electron chi connectivity index (χ1n) is 8.27. The van der Waals surface area contributed by atoms with Crippen LogP contribution in [0.15, 0.2) is 84.0 Å². The minimum absolute atomic E-state index is 0.0991. The lowest BCUT2D eigenvalue weighted by molar-refractivity contribution is 0.745. The summed E-state index contributed by atoms with van der Waals surface area (Å²) >= 11 is 1.75. The number of hydrogen-bond donors (Lipinski definition) is 2. The molecule has 25 heavy (non-hydrogen) atoms. The Morgan fingerprint density at radius 2 is 1.64 bits per heavy atom.